The Labute approximate surface area is 160 Å². The summed E-state index contributed by atoms with van der Waals surface area (Å²) in [7, 11) is -1.66. The van der Waals surface area contributed by atoms with Crippen molar-refractivity contribution < 1.29 is 22.9 Å². The molecule has 0 heterocycles. The number of hydrogen-bond acceptors (Lipinski definition) is 6. The van der Waals surface area contributed by atoms with Crippen molar-refractivity contribution in [2.45, 2.75) is 4.90 Å². The number of nitrogens with one attached hydrogen (secondary N) is 1. The van der Waals surface area contributed by atoms with Gasteiger partial charge in [0, 0.05) is 29.9 Å². The first-order valence-electron chi connectivity index (χ1n) is 7.49. The summed E-state index contributed by atoms with van der Waals surface area (Å²) in [6, 6.07) is 9.73. The highest BCUT2D eigenvalue weighted by Gasteiger charge is 2.30. The number of anilines is 1. The summed E-state index contributed by atoms with van der Waals surface area (Å²) in [5, 5.41) is 13.7. The van der Waals surface area contributed by atoms with Crippen LogP contribution in [-0.2, 0) is 14.8 Å². The van der Waals surface area contributed by atoms with Gasteiger partial charge >= 0.3 is 0 Å². The average molecular weight is 414 g/mol. The highest BCUT2D eigenvalue weighted by atomic mass is 35.5. The van der Waals surface area contributed by atoms with E-state index in [1.165, 1.54) is 13.2 Å². The largest absolute Gasteiger partial charge is 0.497 e. The maximum atomic E-state index is 12.6. The third-order valence-corrected chi connectivity index (χ3v) is 5.61. The molecule has 0 bridgehead atoms. The standard InChI is InChI=1S/C16H16ClN3O6S/c1-19(10-16(21)18-12-4-3-5-13(9-12)26-2)27(24,25)15-7-6-11(17)8-14(15)20(22)23/h3-9H,10H2,1-2H3,(H,18,21). The van der Waals surface area contributed by atoms with E-state index in [1.54, 1.807) is 24.3 Å². The van der Waals surface area contributed by atoms with Crippen molar-refractivity contribution in [1.29, 1.82) is 0 Å². The fraction of sp³-hybridized carbons (Fsp3) is 0.188. The number of nitro groups is 1. The molecule has 0 aromatic heterocycles. The number of amides is 1. The van der Waals surface area contributed by atoms with E-state index >= 15 is 0 Å². The van der Waals surface area contributed by atoms with Crippen LogP contribution in [-0.4, -0.2) is 44.3 Å². The molecule has 0 radical (unpaired) electrons. The minimum atomic E-state index is -4.28. The molecule has 0 aliphatic carbocycles. The Morgan fingerprint density at radius 1 is 1.30 bits per heavy atom. The molecule has 2 aromatic carbocycles. The molecule has 0 unspecified atom stereocenters. The first-order valence-corrected chi connectivity index (χ1v) is 9.31. The summed E-state index contributed by atoms with van der Waals surface area (Å²) in [5.41, 5.74) is -0.245. The van der Waals surface area contributed by atoms with Gasteiger partial charge in [0.05, 0.1) is 18.6 Å². The Bertz CT molecular complexity index is 980. The predicted molar refractivity (Wildman–Crippen MR) is 99.5 cm³/mol. The molecule has 0 fully saturated rings. The van der Waals surface area contributed by atoms with Crippen LogP contribution in [0.1, 0.15) is 0 Å². The Morgan fingerprint density at radius 3 is 2.63 bits per heavy atom. The lowest BCUT2D eigenvalue weighted by atomic mass is 10.3. The van der Waals surface area contributed by atoms with Crippen molar-refractivity contribution in [2.24, 2.45) is 0 Å². The Kier molecular flexibility index (Phi) is 6.37. The van der Waals surface area contributed by atoms with Gasteiger partial charge in [0.2, 0.25) is 15.9 Å². The molecular weight excluding hydrogens is 398 g/mol. The molecule has 1 N–H and O–H groups in total. The second-order valence-corrected chi connectivity index (χ2v) is 7.86. The second kappa shape index (κ2) is 8.33. The highest BCUT2D eigenvalue weighted by molar-refractivity contribution is 7.89. The number of benzene rings is 2. The van der Waals surface area contributed by atoms with Crippen molar-refractivity contribution in [3.63, 3.8) is 0 Å². The number of rotatable bonds is 7. The number of carbonyl (C=O) groups is 1. The highest BCUT2D eigenvalue weighted by Crippen LogP contribution is 2.29. The van der Waals surface area contributed by atoms with Gasteiger partial charge in [-0.15, -0.1) is 0 Å². The van der Waals surface area contributed by atoms with Gasteiger partial charge in [-0.05, 0) is 24.3 Å². The molecule has 0 spiro atoms. The van der Waals surface area contributed by atoms with E-state index in [9.17, 15) is 23.3 Å². The maximum Gasteiger partial charge on any atom is 0.290 e. The number of methoxy groups -OCH3 is 1. The minimum Gasteiger partial charge on any atom is -0.497 e. The lowest BCUT2D eigenvalue weighted by Gasteiger charge is -2.17. The molecule has 0 aliphatic rings. The van der Waals surface area contributed by atoms with E-state index < -0.39 is 38.0 Å². The van der Waals surface area contributed by atoms with Crippen LogP contribution in [0.3, 0.4) is 0 Å². The van der Waals surface area contributed by atoms with Crippen LogP contribution < -0.4 is 10.1 Å². The normalized spacial score (nSPS) is 11.3. The number of ether oxygens (including phenoxy) is 1. The second-order valence-electron chi connectivity index (χ2n) is 5.41. The van der Waals surface area contributed by atoms with Gasteiger partial charge in [-0.2, -0.15) is 4.31 Å². The number of carbonyl (C=O) groups excluding carboxylic acids is 1. The van der Waals surface area contributed by atoms with E-state index in [-0.39, 0.29) is 5.02 Å². The van der Waals surface area contributed by atoms with Crippen LogP contribution >= 0.6 is 11.6 Å². The zero-order valence-corrected chi connectivity index (χ0v) is 16.0. The maximum absolute atomic E-state index is 12.6. The van der Waals surface area contributed by atoms with E-state index in [2.05, 4.69) is 5.32 Å². The molecule has 0 aliphatic heterocycles. The number of nitrogens with zero attached hydrogens (tertiary/aromatic N) is 2. The van der Waals surface area contributed by atoms with Crippen molar-refractivity contribution in [1.82, 2.24) is 4.31 Å². The van der Waals surface area contributed by atoms with Crippen molar-refractivity contribution in [2.75, 3.05) is 26.0 Å². The third-order valence-electron chi connectivity index (χ3n) is 3.53. The Morgan fingerprint density at radius 2 is 2.00 bits per heavy atom. The molecule has 0 saturated carbocycles. The summed E-state index contributed by atoms with van der Waals surface area (Å²) >= 11 is 5.70. The van der Waals surface area contributed by atoms with Gasteiger partial charge in [-0.25, -0.2) is 8.42 Å². The smallest absolute Gasteiger partial charge is 0.290 e. The summed E-state index contributed by atoms with van der Waals surface area (Å²) in [5.74, 6) is -0.100. The van der Waals surface area contributed by atoms with E-state index in [0.717, 1.165) is 23.5 Å². The Hall–Kier alpha value is -2.69. The van der Waals surface area contributed by atoms with Crippen molar-refractivity contribution in [3.8, 4) is 5.75 Å². The molecule has 0 atom stereocenters. The van der Waals surface area contributed by atoms with Crippen molar-refractivity contribution in [3.05, 3.63) is 57.6 Å². The van der Waals surface area contributed by atoms with Crippen LogP contribution in [0.25, 0.3) is 0 Å². The molecule has 27 heavy (non-hydrogen) atoms. The summed E-state index contributed by atoms with van der Waals surface area (Å²) in [6.07, 6.45) is 0. The molecule has 9 nitrogen and oxygen atoms in total. The van der Waals surface area contributed by atoms with Crippen LogP contribution in [0.5, 0.6) is 5.75 Å². The topological polar surface area (TPSA) is 119 Å². The summed E-state index contributed by atoms with van der Waals surface area (Å²) < 4.78 is 31.0. The van der Waals surface area contributed by atoms with Crippen molar-refractivity contribution >= 4 is 38.9 Å². The van der Waals surface area contributed by atoms with E-state index in [1.807, 2.05) is 0 Å². The zero-order chi connectivity index (χ0) is 20.2. The lowest BCUT2D eigenvalue weighted by molar-refractivity contribution is -0.387. The van der Waals surface area contributed by atoms with Gasteiger partial charge in [0.25, 0.3) is 5.69 Å². The Balaban J connectivity index is 2.20. The minimum absolute atomic E-state index is 0.0269. The van der Waals surface area contributed by atoms with Crippen LogP contribution in [0.4, 0.5) is 11.4 Å². The molecule has 1 amide bonds. The third kappa shape index (κ3) is 4.94. The van der Waals surface area contributed by atoms with Gasteiger partial charge in [-0.1, -0.05) is 17.7 Å². The van der Waals surface area contributed by atoms with Gasteiger partial charge in [-0.3, -0.25) is 14.9 Å². The number of halogens is 1. The van der Waals surface area contributed by atoms with Gasteiger partial charge in [0.15, 0.2) is 4.90 Å². The van der Waals surface area contributed by atoms with Crippen LogP contribution in [0, 0.1) is 10.1 Å². The summed E-state index contributed by atoms with van der Waals surface area (Å²) in [6.45, 7) is -0.542. The number of nitro benzene ring substituents is 1. The molecular formula is C16H16ClN3O6S. The first kappa shape index (κ1) is 20.6. The first-order chi connectivity index (χ1) is 12.6. The number of hydrogen-bond donors (Lipinski definition) is 1. The van der Waals surface area contributed by atoms with Crippen LogP contribution in [0.2, 0.25) is 5.02 Å². The summed E-state index contributed by atoms with van der Waals surface area (Å²) in [4.78, 5) is 21.9. The lowest BCUT2D eigenvalue weighted by Crippen LogP contribution is -2.35. The number of likely N-dealkylation sites (N-methyl/N-ethyl adjacent to an activating group) is 1. The fourth-order valence-corrected chi connectivity index (χ4v) is 3.63. The monoisotopic (exact) mass is 413 g/mol. The van der Waals surface area contributed by atoms with E-state index in [0.29, 0.717) is 11.4 Å². The van der Waals surface area contributed by atoms with Crippen LogP contribution in [0.15, 0.2) is 47.4 Å². The van der Waals surface area contributed by atoms with E-state index in [4.69, 9.17) is 16.3 Å². The SMILES string of the molecule is COc1cccc(NC(=O)CN(C)S(=O)(=O)c2ccc(Cl)cc2[N+](=O)[O-])c1. The van der Waals surface area contributed by atoms with Gasteiger partial charge < -0.3 is 10.1 Å². The molecule has 2 aromatic rings. The number of sulfonamides is 1. The molecule has 2 rings (SSSR count). The van der Waals surface area contributed by atoms with Gasteiger partial charge in [0.1, 0.15) is 5.75 Å². The molecule has 0 saturated heterocycles. The molecule has 144 valence electrons. The predicted octanol–water partition coefficient (Wildman–Crippen LogP) is 2.52. The average Bonchev–Trinajstić information content (AvgIpc) is 2.61. The fourth-order valence-electron chi connectivity index (χ4n) is 2.21. The zero-order valence-electron chi connectivity index (χ0n) is 14.4. The molecule has 11 heteroatoms. The quantitative estimate of drug-likeness (QED) is 0.550.